The van der Waals surface area contributed by atoms with Crippen molar-refractivity contribution in [3.05, 3.63) is 22.2 Å². The second kappa shape index (κ2) is 7.00. The molecule has 0 spiro atoms. The number of methoxy groups -OCH3 is 2. The molecule has 0 atom stereocenters. The van der Waals surface area contributed by atoms with Gasteiger partial charge >= 0.3 is 0 Å². The number of rotatable bonds is 5. The molecule has 1 amide bonds. The molecule has 0 saturated heterocycles. The smallest absolute Gasteiger partial charge is 0.253 e. The van der Waals surface area contributed by atoms with Gasteiger partial charge in [-0.15, -0.1) is 0 Å². The molecule has 0 fully saturated rings. The summed E-state index contributed by atoms with van der Waals surface area (Å²) in [6.45, 7) is 0.385. The highest BCUT2D eigenvalue weighted by molar-refractivity contribution is 9.10. The third-order valence-electron chi connectivity index (χ3n) is 2.60. The topological polar surface area (TPSA) is 62.6 Å². The van der Waals surface area contributed by atoms with Crippen LogP contribution in [-0.2, 0) is 0 Å². The van der Waals surface area contributed by atoms with E-state index in [1.165, 1.54) is 19.1 Å². The molecule has 0 heterocycles. The largest absolute Gasteiger partial charge is 0.495 e. The van der Waals surface area contributed by atoms with E-state index < -0.39 is 0 Å². The monoisotopic (exact) mass is 326 g/mol. The van der Waals surface area contributed by atoms with Gasteiger partial charge in [-0.1, -0.05) is 0 Å². The molecule has 0 radical (unpaired) electrons. The van der Waals surface area contributed by atoms with Gasteiger partial charge in [0.1, 0.15) is 16.0 Å². The molecule has 1 rings (SSSR count). The summed E-state index contributed by atoms with van der Waals surface area (Å²) in [5.41, 5.74) is 0.456. The summed E-state index contributed by atoms with van der Waals surface area (Å²) in [6, 6.07) is 5.28. The van der Waals surface area contributed by atoms with Crippen LogP contribution in [0.1, 0.15) is 16.8 Å². The van der Waals surface area contributed by atoms with Gasteiger partial charge in [0.25, 0.3) is 5.91 Å². The molecule has 0 unspecified atom stereocenters. The number of halogens is 1. The highest BCUT2D eigenvalue weighted by Gasteiger charge is 2.17. The van der Waals surface area contributed by atoms with Crippen molar-refractivity contribution in [2.24, 2.45) is 0 Å². The normalized spacial score (nSPS) is 9.63. The summed E-state index contributed by atoms with van der Waals surface area (Å²) in [6.07, 6.45) is 0.299. The maximum atomic E-state index is 12.2. The van der Waals surface area contributed by atoms with Crippen molar-refractivity contribution in [1.82, 2.24) is 4.90 Å². The minimum Gasteiger partial charge on any atom is -0.495 e. The van der Waals surface area contributed by atoms with Gasteiger partial charge in [-0.05, 0) is 28.1 Å². The Morgan fingerprint density at radius 2 is 1.89 bits per heavy atom. The van der Waals surface area contributed by atoms with Gasteiger partial charge in [0, 0.05) is 19.2 Å². The van der Waals surface area contributed by atoms with Gasteiger partial charge < -0.3 is 14.4 Å². The van der Waals surface area contributed by atoms with Crippen molar-refractivity contribution in [2.45, 2.75) is 6.42 Å². The van der Waals surface area contributed by atoms with Crippen LogP contribution in [0, 0.1) is 11.3 Å². The van der Waals surface area contributed by atoms with E-state index in [-0.39, 0.29) is 5.91 Å². The van der Waals surface area contributed by atoms with Crippen LogP contribution in [-0.4, -0.2) is 38.6 Å². The highest BCUT2D eigenvalue weighted by Crippen LogP contribution is 2.35. The van der Waals surface area contributed by atoms with E-state index in [9.17, 15) is 4.79 Å². The van der Waals surface area contributed by atoms with Crippen LogP contribution in [0.4, 0.5) is 0 Å². The average molecular weight is 327 g/mol. The molecular weight excluding hydrogens is 312 g/mol. The van der Waals surface area contributed by atoms with Gasteiger partial charge in [-0.3, -0.25) is 4.79 Å². The van der Waals surface area contributed by atoms with Crippen molar-refractivity contribution < 1.29 is 14.3 Å². The van der Waals surface area contributed by atoms with Crippen LogP contribution in [0.15, 0.2) is 16.6 Å². The minimum absolute atomic E-state index is 0.181. The van der Waals surface area contributed by atoms with Crippen LogP contribution in [0.5, 0.6) is 11.5 Å². The fourth-order valence-corrected chi connectivity index (χ4v) is 2.09. The van der Waals surface area contributed by atoms with Crippen LogP contribution >= 0.6 is 15.9 Å². The first-order valence-corrected chi connectivity index (χ1v) is 6.38. The molecule has 0 aliphatic rings. The van der Waals surface area contributed by atoms with Crippen molar-refractivity contribution in [2.75, 3.05) is 27.8 Å². The van der Waals surface area contributed by atoms with E-state index in [2.05, 4.69) is 15.9 Å². The van der Waals surface area contributed by atoms with Crippen molar-refractivity contribution in [3.8, 4) is 17.6 Å². The predicted molar refractivity (Wildman–Crippen MR) is 74.4 cm³/mol. The lowest BCUT2D eigenvalue weighted by atomic mass is 10.1. The summed E-state index contributed by atoms with van der Waals surface area (Å²) in [5, 5.41) is 8.53. The SMILES string of the molecule is COc1cc(C(=O)N(C)CCC#N)cc(OC)c1Br. The fraction of sp³-hybridized carbons (Fsp3) is 0.385. The Bertz CT molecular complexity index is 486. The number of nitriles is 1. The molecule has 1 aromatic carbocycles. The standard InChI is InChI=1S/C13H15BrN2O3/c1-16(6-4-5-15)13(17)9-7-10(18-2)12(14)11(8-9)19-3/h7-8H,4,6H2,1-3H3. The summed E-state index contributed by atoms with van der Waals surface area (Å²) < 4.78 is 11.0. The summed E-state index contributed by atoms with van der Waals surface area (Å²) in [5.74, 6) is 0.868. The Hall–Kier alpha value is -1.74. The van der Waals surface area contributed by atoms with Gasteiger partial charge in [-0.2, -0.15) is 5.26 Å². The molecule has 0 aliphatic carbocycles. The second-order valence-corrected chi connectivity index (χ2v) is 4.62. The van der Waals surface area contributed by atoms with Gasteiger partial charge in [0.15, 0.2) is 0 Å². The Labute approximate surface area is 120 Å². The summed E-state index contributed by atoms with van der Waals surface area (Å²) >= 11 is 3.35. The molecule has 0 bridgehead atoms. The maximum Gasteiger partial charge on any atom is 0.253 e. The Kier molecular flexibility index (Phi) is 5.64. The third kappa shape index (κ3) is 3.61. The molecular formula is C13H15BrN2O3. The predicted octanol–water partition coefficient (Wildman–Crippen LogP) is 2.45. The van der Waals surface area contributed by atoms with Crippen molar-refractivity contribution >= 4 is 21.8 Å². The highest BCUT2D eigenvalue weighted by atomic mass is 79.9. The first-order chi connectivity index (χ1) is 9.04. The number of amides is 1. The Morgan fingerprint density at radius 3 is 2.32 bits per heavy atom. The fourth-order valence-electron chi connectivity index (χ4n) is 1.53. The molecule has 19 heavy (non-hydrogen) atoms. The number of ether oxygens (including phenoxy) is 2. The molecule has 0 aliphatic heterocycles. The van der Waals surface area contributed by atoms with E-state index in [4.69, 9.17) is 14.7 Å². The van der Waals surface area contributed by atoms with E-state index in [1.807, 2.05) is 6.07 Å². The maximum absolute atomic E-state index is 12.2. The lowest BCUT2D eigenvalue weighted by Crippen LogP contribution is -2.27. The molecule has 0 saturated carbocycles. The van der Waals surface area contributed by atoms with Crippen LogP contribution in [0.25, 0.3) is 0 Å². The van der Waals surface area contributed by atoms with Crippen LogP contribution < -0.4 is 9.47 Å². The number of hydrogen-bond donors (Lipinski definition) is 0. The molecule has 1 aromatic rings. The van der Waals surface area contributed by atoms with Crippen molar-refractivity contribution in [1.29, 1.82) is 5.26 Å². The average Bonchev–Trinajstić information content (AvgIpc) is 2.44. The second-order valence-electron chi connectivity index (χ2n) is 3.83. The number of carbonyl (C=O) groups is 1. The number of hydrogen-bond acceptors (Lipinski definition) is 4. The quantitative estimate of drug-likeness (QED) is 0.833. The van der Waals surface area contributed by atoms with Gasteiger partial charge in [0.2, 0.25) is 0 Å². The number of benzene rings is 1. The zero-order valence-electron chi connectivity index (χ0n) is 11.1. The minimum atomic E-state index is -0.181. The first kappa shape index (κ1) is 15.3. The lowest BCUT2D eigenvalue weighted by Gasteiger charge is -2.17. The Morgan fingerprint density at radius 1 is 1.37 bits per heavy atom. The molecule has 0 aromatic heterocycles. The van der Waals surface area contributed by atoms with Crippen LogP contribution in [0.3, 0.4) is 0 Å². The van der Waals surface area contributed by atoms with E-state index in [0.29, 0.717) is 34.5 Å². The number of carbonyl (C=O) groups excluding carboxylic acids is 1. The lowest BCUT2D eigenvalue weighted by molar-refractivity contribution is 0.0797. The van der Waals surface area contributed by atoms with E-state index in [0.717, 1.165) is 0 Å². The third-order valence-corrected chi connectivity index (χ3v) is 3.38. The summed E-state index contributed by atoms with van der Waals surface area (Å²) in [7, 11) is 4.70. The van der Waals surface area contributed by atoms with E-state index >= 15 is 0 Å². The molecule has 0 N–H and O–H groups in total. The molecule has 6 heteroatoms. The molecule has 5 nitrogen and oxygen atoms in total. The van der Waals surface area contributed by atoms with Crippen molar-refractivity contribution in [3.63, 3.8) is 0 Å². The number of nitrogens with zero attached hydrogens (tertiary/aromatic N) is 2. The zero-order chi connectivity index (χ0) is 14.4. The van der Waals surface area contributed by atoms with Gasteiger partial charge in [0.05, 0.1) is 26.7 Å². The zero-order valence-corrected chi connectivity index (χ0v) is 12.7. The van der Waals surface area contributed by atoms with E-state index in [1.54, 1.807) is 19.2 Å². The summed E-state index contributed by atoms with van der Waals surface area (Å²) in [4.78, 5) is 13.7. The first-order valence-electron chi connectivity index (χ1n) is 5.59. The Balaban J connectivity index is 3.07. The van der Waals surface area contributed by atoms with Gasteiger partial charge in [-0.25, -0.2) is 0 Å². The molecule has 102 valence electrons. The van der Waals surface area contributed by atoms with Crippen LogP contribution in [0.2, 0.25) is 0 Å².